The van der Waals surface area contributed by atoms with Gasteiger partial charge in [-0.2, -0.15) is 0 Å². The third-order valence-corrected chi connectivity index (χ3v) is 8.57. The summed E-state index contributed by atoms with van der Waals surface area (Å²) >= 11 is 0. The van der Waals surface area contributed by atoms with Gasteiger partial charge in [-0.05, 0) is 105 Å². The molecule has 2 aliphatic rings. The van der Waals surface area contributed by atoms with Crippen molar-refractivity contribution in [2.45, 2.75) is 44.4 Å². The topological polar surface area (TPSA) is 67.9 Å². The molecule has 0 bridgehead atoms. The number of benzene rings is 3. The van der Waals surface area contributed by atoms with E-state index >= 15 is 0 Å². The van der Waals surface area contributed by atoms with Gasteiger partial charge in [-0.3, -0.25) is 9.59 Å². The van der Waals surface area contributed by atoms with Crippen LogP contribution in [0, 0.1) is 5.92 Å². The van der Waals surface area contributed by atoms with E-state index < -0.39 is 0 Å². The second-order valence-electron chi connectivity index (χ2n) is 11.0. The Morgan fingerprint density at radius 2 is 1.70 bits per heavy atom. The maximum Gasteiger partial charge on any atom is 0.251 e. The molecule has 6 heteroatoms. The number of nitrogens with one attached hydrogen (secondary N) is 1. The number of amides is 1. The lowest BCUT2D eigenvalue weighted by Gasteiger charge is -2.33. The molecular formula is C34H40N2O4. The molecule has 1 saturated heterocycles. The number of rotatable bonds is 10. The number of ketones is 1. The molecule has 0 radical (unpaired) electrons. The van der Waals surface area contributed by atoms with Crippen molar-refractivity contribution in [1.82, 2.24) is 10.2 Å². The molecule has 5 rings (SSSR count). The summed E-state index contributed by atoms with van der Waals surface area (Å²) in [6.07, 6.45) is 5.66. The van der Waals surface area contributed by atoms with Crippen molar-refractivity contribution >= 4 is 11.7 Å². The molecule has 0 aromatic heterocycles. The maximum atomic E-state index is 13.3. The molecule has 6 nitrogen and oxygen atoms in total. The fourth-order valence-corrected chi connectivity index (χ4v) is 6.15. The van der Waals surface area contributed by atoms with Crippen molar-refractivity contribution in [3.05, 3.63) is 94.5 Å². The second-order valence-corrected chi connectivity index (χ2v) is 11.0. The van der Waals surface area contributed by atoms with Crippen molar-refractivity contribution in [2.75, 3.05) is 40.4 Å². The Bertz CT molecular complexity index is 1310. The molecule has 1 aliphatic heterocycles. The maximum absolute atomic E-state index is 13.3. The second kappa shape index (κ2) is 13.1. The zero-order valence-corrected chi connectivity index (χ0v) is 23.7. The van der Waals surface area contributed by atoms with E-state index in [2.05, 4.69) is 40.5 Å². The number of fused-ring (bicyclic) bond motifs is 1. The van der Waals surface area contributed by atoms with Gasteiger partial charge in [-0.1, -0.05) is 42.5 Å². The lowest BCUT2D eigenvalue weighted by molar-refractivity contribution is 0.0875. The SMILES string of the molecule is COc1ccc(CCNC(=O)c2ccc3c(c2)CCC(CCN2CCC(c4ccccc4)CC2)C3=O)cc1OC. The number of ether oxygens (including phenoxy) is 2. The molecule has 1 fully saturated rings. The van der Waals surface area contributed by atoms with Crippen molar-refractivity contribution in [2.24, 2.45) is 5.92 Å². The van der Waals surface area contributed by atoms with Gasteiger partial charge >= 0.3 is 0 Å². The molecule has 0 saturated carbocycles. The van der Waals surface area contributed by atoms with Crippen molar-refractivity contribution in [3.63, 3.8) is 0 Å². The predicted octanol–water partition coefficient (Wildman–Crippen LogP) is 5.69. The number of hydrogen-bond donors (Lipinski definition) is 1. The van der Waals surface area contributed by atoms with E-state index in [1.54, 1.807) is 20.3 Å². The summed E-state index contributed by atoms with van der Waals surface area (Å²) in [6.45, 7) is 3.69. The summed E-state index contributed by atoms with van der Waals surface area (Å²) in [7, 11) is 3.23. The molecule has 1 amide bonds. The minimum absolute atomic E-state index is 0.0699. The van der Waals surface area contributed by atoms with E-state index in [-0.39, 0.29) is 17.6 Å². The van der Waals surface area contributed by atoms with Crippen LogP contribution in [0.25, 0.3) is 0 Å². The Labute approximate surface area is 237 Å². The summed E-state index contributed by atoms with van der Waals surface area (Å²) in [5, 5.41) is 3.01. The molecule has 1 unspecified atom stereocenters. The minimum Gasteiger partial charge on any atom is -0.493 e. The van der Waals surface area contributed by atoms with Gasteiger partial charge in [0.1, 0.15) is 0 Å². The molecular weight excluding hydrogens is 500 g/mol. The van der Waals surface area contributed by atoms with Crippen LogP contribution in [-0.4, -0.2) is 57.0 Å². The number of Topliss-reactive ketones (excluding diaryl/α,β-unsaturated/α-hetero) is 1. The summed E-state index contributed by atoms with van der Waals surface area (Å²) < 4.78 is 10.7. The summed E-state index contributed by atoms with van der Waals surface area (Å²) in [6, 6.07) is 22.2. The van der Waals surface area contributed by atoms with Gasteiger partial charge in [0, 0.05) is 23.6 Å². The highest BCUT2D eigenvalue weighted by Crippen LogP contribution is 2.31. The first-order valence-corrected chi connectivity index (χ1v) is 14.5. The van der Waals surface area contributed by atoms with Gasteiger partial charge in [0.05, 0.1) is 14.2 Å². The standard InChI is InChI=1S/C34H40N2O4/c1-39-31-13-8-24(22-32(31)40-2)14-18-35-34(38)29-11-12-30-28(23-29)10-9-27(33(30)37)17-21-36-19-15-26(16-20-36)25-6-4-3-5-7-25/h3-8,11-13,22-23,26-27H,9-10,14-21H2,1-2H3,(H,35,38). The number of carbonyl (C=O) groups is 2. The number of likely N-dealkylation sites (tertiary alicyclic amines) is 1. The summed E-state index contributed by atoms with van der Waals surface area (Å²) in [5.74, 6) is 2.21. The zero-order chi connectivity index (χ0) is 27.9. The number of hydrogen-bond acceptors (Lipinski definition) is 5. The molecule has 1 N–H and O–H groups in total. The van der Waals surface area contributed by atoms with Crippen LogP contribution < -0.4 is 14.8 Å². The van der Waals surface area contributed by atoms with Gasteiger partial charge in [0.2, 0.25) is 0 Å². The first-order chi connectivity index (χ1) is 19.6. The Kier molecular flexibility index (Phi) is 9.17. The number of carbonyl (C=O) groups excluding carboxylic acids is 2. The van der Waals surface area contributed by atoms with Crippen molar-refractivity contribution in [1.29, 1.82) is 0 Å². The van der Waals surface area contributed by atoms with E-state index in [0.717, 1.165) is 55.6 Å². The molecule has 40 heavy (non-hydrogen) atoms. The summed E-state index contributed by atoms with van der Waals surface area (Å²) in [5.41, 5.74) is 4.91. The van der Waals surface area contributed by atoms with E-state index in [4.69, 9.17) is 9.47 Å². The van der Waals surface area contributed by atoms with Gasteiger partial charge in [-0.25, -0.2) is 0 Å². The summed E-state index contributed by atoms with van der Waals surface area (Å²) in [4.78, 5) is 28.7. The molecule has 210 valence electrons. The van der Waals surface area contributed by atoms with Gasteiger partial charge in [0.25, 0.3) is 5.91 Å². The first kappa shape index (κ1) is 27.9. The predicted molar refractivity (Wildman–Crippen MR) is 158 cm³/mol. The average molecular weight is 541 g/mol. The smallest absolute Gasteiger partial charge is 0.251 e. The average Bonchev–Trinajstić information content (AvgIpc) is 3.01. The van der Waals surface area contributed by atoms with Crippen LogP contribution in [0.5, 0.6) is 11.5 Å². The molecule has 1 atom stereocenters. The van der Waals surface area contributed by atoms with Crippen molar-refractivity contribution in [3.8, 4) is 11.5 Å². The largest absolute Gasteiger partial charge is 0.493 e. The Hall–Kier alpha value is -3.64. The van der Waals surface area contributed by atoms with Crippen LogP contribution in [0.2, 0.25) is 0 Å². The van der Waals surface area contributed by atoms with Crippen LogP contribution in [0.15, 0.2) is 66.7 Å². The fourth-order valence-electron chi connectivity index (χ4n) is 6.15. The Balaban J connectivity index is 1.09. The highest BCUT2D eigenvalue weighted by molar-refractivity contribution is 6.02. The monoisotopic (exact) mass is 540 g/mol. The fraction of sp³-hybridized carbons (Fsp3) is 0.412. The van der Waals surface area contributed by atoms with E-state index in [1.807, 2.05) is 30.3 Å². The number of piperidine rings is 1. The molecule has 1 aliphatic carbocycles. The number of aryl methyl sites for hydroxylation is 1. The third kappa shape index (κ3) is 6.56. The van der Waals surface area contributed by atoms with E-state index in [0.29, 0.717) is 35.9 Å². The lowest BCUT2D eigenvalue weighted by Crippen LogP contribution is -2.35. The van der Waals surface area contributed by atoms with Gasteiger partial charge in [0.15, 0.2) is 17.3 Å². The first-order valence-electron chi connectivity index (χ1n) is 14.5. The lowest BCUT2D eigenvalue weighted by atomic mass is 9.80. The quantitative estimate of drug-likeness (QED) is 0.358. The Morgan fingerprint density at radius 1 is 0.925 bits per heavy atom. The zero-order valence-electron chi connectivity index (χ0n) is 23.7. The molecule has 3 aromatic rings. The van der Waals surface area contributed by atoms with E-state index in [9.17, 15) is 9.59 Å². The van der Waals surface area contributed by atoms with Crippen LogP contribution in [0.4, 0.5) is 0 Å². The highest BCUT2D eigenvalue weighted by Gasteiger charge is 2.29. The molecule has 3 aromatic carbocycles. The van der Waals surface area contributed by atoms with Crippen molar-refractivity contribution < 1.29 is 19.1 Å². The third-order valence-electron chi connectivity index (χ3n) is 8.57. The number of methoxy groups -OCH3 is 2. The minimum atomic E-state index is -0.114. The van der Waals surface area contributed by atoms with Crippen LogP contribution >= 0.6 is 0 Å². The Morgan fingerprint density at radius 3 is 2.45 bits per heavy atom. The van der Waals surface area contributed by atoms with Crippen LogP contribution in [-0.2, 0) is 12.8 Å². The molecule has 0 spiro atoms. The van der Waals surface area contributed by atoms with Crippen LogP contribution in [0.1, 0.15) is 69.0 Å². The van der Waals surface area contributed by atoms with Gasteiger partial charge < -0.3 is 19.7 Å². The number of nitrogens with zero attached hydrogens (tertiary/aromatic N) is 1. The molecule has 1 heterocycles. The van der Waals surface area contributed by atoms with Crippen LogP contribution in [0.3, 0.4) is 0 Å². The van der Waals surface area contributed by atoms with E-state index in [1.165, 1.54) is 18.4 Å². The normalized spacial score (nSPS) is 17.8. The highest BCUT2D eigenvalue weighted by atomic mass is 16.5. The van der Waals surface area contributed by atoms with Gasteiger partial charge in [-0.15, -0.1) is 0 Å².